The lowest BCUT2D eigenvalue weighted by molar-refractivity contribution is 0.0259. The summed E-state index contributed by atoms with van der Waals surface area (Å²) < 4.78 is 0. The van der Waals surface area contributed by atoms with Crippen molar-refractivity contribution >= 4 is 11.3 Å². The third-order valence-electron chi connectivity index (χ3n) is 4.87. The topological polar surface area (TPSA) is 28.2 Å². The summed E-state index contributed by atoms with van der Waals surface area (Å²) >= 11 is 1.82. The summed E-state index contributed by atoms with van der Waals surface area (Å²) in [5, 5.41) is 7.16. The molecule has 2 bridgehead atoms. The first-order valence-corrected chi connectivity index (χ1v) is 9.04. The molecule has 20 heavy (non-hydrogen) atoms. The second-order valence-electron chi connectivity index (χ2n) is 6.34. The summed E-state index contributed by atoms with van der Waals surface area (Å²) in [5.41, 5.74) is 1.18. The van der Waals surface area contributed by atoms with Crippen molar-refractivity contribution in [2.75, 3.05) is 13.1 Å². The van der Waals surface area contributed by atoms with Gasteiger partial charge in [0.15, 0.2) is 0 Å². The minimum atomic E-state index is 0.758. The van der Waals surface area contributed by atoms with Crippen LogP contribution in [0, 0.1) is 6.92 Å². The number of hydrogen-bond acceptors (Lipinski definition) is 4. The lowest BCUT2D eigenvalue weighted by Gasteiger charge is -2.49. The maximum absolute atomic E-state index is 4.61. The molecule has 1 aromatic rings. The standard InChI is InChI=1S/C16H27N3S/c1-3-17-13-9-14-5-4-6-15(10-13)19(14)8-7-16-18-12(2)11-20-16/h11,13-15,17H,3-10H2,1-2H3. The highest BCUT2D eigenvalue weighted by Gasteiger charge is 2.37. The number of aryl methyl sites for hydroxylation is 1. The van der Waals surface area contributed by atoms with Crippen molar-refractivity contribution in [2.24, 2.45) is 0 Å². The molecule has 2 fully saturated rings. The van der Waals surface area contributed by atoms with Crippen LogP contribution >= 0.6 is 11.3 Å². The summed E-state index contributed by atoms with van der Waals surface area (Å²) in [7, 11) is 0. The normalized spacial score (nSPS) is 30.6. The van der Waals surface area contributed by atoms with Crippen LogP contribution in [-0.4, -0.2) is 41.1 Å². The fourth-order valence-electron chi connectivity index (χ4n) is 4.04. The first kappa shape index (κ1) is 14.5. The molecule has 4 heteroatoms. The Hall–Kier alpha value is -0.450. The molecule has 1 N–H and O–H groups in total. The predicted molar refractivity (Wildman–Crippen MR) is 85.4 cm³/mol. The maximum atomic E-state index is 4.61. The molecule has 0 amide bonds. The number of piperidine rings is 2. The van der Waals surface area contributed by atoms with Gasteiger partial charge in [-0.05, 0) is 39.2 Å². The van der Waals surface area contributed by atoms with Gasteiger partial charge in [-0.1, -0.05) is 13.3 Å². The predicted octanol–water partition coefficient (Wildman–Crippen LogP) is 2.99. The lowest BCUT2D eigenvalue weighted by atomic mass is 9.81. The van der Waals surface area contributed by atoms with Gasteiger partial charge in [0.25, 0.3) is 0 Å². The summed E-state index contributed by atoms with van der Waals surface area (Å²) in [5.74, 6) is 0. The van der Waals surface area contributed by atoms with Crippen molar-refractivity contribution in [3.63, 3.8) is 0 Å². The average Bonchev–Trinajstić information content (AvgIpc) is 2.82. The zero-order chi connectivity index (χ0) is 13.9. The Bertz CT molecular complexity index is 417. The fourth-order valence-corrected chi connectivity index (χ4v) is 4.81. The largest absolute Gasteiger partial charge is 0.314 e. The van der Waals surface area contributed by atoms with Gasteiger partial charge in [-0.15, -0.1) is 11.3 Å². The Kier molecular flexibility index (Phi) is 4.74. The van der Waals surface area contributed by atoms with E-state index in [0.717, 1.165) is 31.1 Å². The van der Waals surface area contributed by atoms with Crippen molar-refractivity contribution in [2.45, 2.75) is 70.5 Å². The minimum Gasteiger partial charge on any atom is -0.314 e. The smallest absolute Gasteiger partial charge is 0.0940 e. The van der Waals surface area contributed by atoms with Crippen LogP contribution in [0.4, 0.5) is 0 Å². The first-order valence-electron chi connectivity index (χ1n) is 8.16. The van der Waals surface area contributed by atoms with Crippen LogP contribution in [0.2, 0.25) is 0 Å². The number of thiazole rings is 1. The fraction of sp³-hybridized carbons (Fsp3) is 0.812. The molecule has 2 aliphatic rings. The molecule has 0 saturated carbocycles. The van der Waals surface area contributed by atoms with Gasteiger partial charge in [0, 0.05) is 42.2 Å². The van der Waals surface area contributed by atoms with Crippen molar-refractivity contribution in [1.29, 1.82) is 0 Å². The van der Waals surface area contributed by atoms with E-state index in [1.165, 1.54) is 49.4 Å². The van der Waals surface area contributed by atoms with E-state index in [2.05, 4.69) is 34.4 Å². The van der Waals surface area contributed by atoms with E-state index in [-0.39, 0.29) is 0 Å². The van der Waals surface area contributed by atoms with Crippen LogP contribution in [0.25, 0.3) is 0 Å². The van der Waals surface area contributed by atoms with E-state index in [1.807, 2.05) is 11.3 Å². The Balaban J connectivity index is 1.59. The van der Waals surface area contributed by atoms with Crippen LogP contribution in [0.15, 0.2) is 5.38 Å². The number of hydrogen-bond donors (Lipinski definition) is 1. The van der Waals surface area contributed by atoms with Gasteiger partial charge >= 0.3 is 0 Å². The van der Waals surface area contributed by atoms with Gasteiger partial charge in [-0.3, -0.25) is 4.90 Å². The number of aromatic nitrogens is 1. The molecule has 2 atom stereocenters. The van der Waals surface area contributed by atoms with Crippen molar-refractivity contribution in [3.05, 3.63) is 16.1 Å². The third-order valence-corrected chi connectivity index (χ3v) is 5.90. The number of rotatable bonds is 5. The van der Waals surface area contributed by atoms with Gasteiger partial charge in [-0.25, -0.2) is 4.98 Å². The zero-order valence-electron chi connectivity index (χ0n) is 12.8. The van der Waals surface area contributed by atoms with Crippen molar-refractivity contribution in [3.8, 4) is 0 Å². The highest BCUT2D eigenvalue weighted by molar-refractivity contribution is 7.09. The van der Waals surface area contributed by atoms with Crippen molar-refractivity contribution < 1.29 is 0 Å². The Morgan fingerprint density at radius 2 is 2.10 bits per heavy atom. The summed E-state index contributed by atoms with van der Waals surface area (Å²) in [6.07, 6.45) is 8.06. The molecule has 2 saturated heterocycles. The minimum absolute atomic E-state index is 0.758. The first-order chi connectivity index (χ1) is 9.76. The second-order valence-corrected chi connectivity index (χ2v) is 7.28. The highest BCUT2D eigenvalue weighted by atomic mass is 32.1. The molecule has 0 spiro atoms. The monoisotopic (exact) mass is 293 g/mol. The van der Waals surface area contributed by atoms with E-state index >= 15 is 0 Å². The number of nitrogens with one attached hydrogen (secondary N) is 1. The molecule has 3 heterocycles. The summed E-state index contributed by atoms with van der Waals surface area (Å²) in [6.45, 7) is 6.65. The van der Waals surface area contributed by atoms with E-state index in [4.69, 9.17) is 0 Å². The zero-order valence-corrected chi connectivity index (χ0v) is 13.6. The van der Waals surface area contributed by atoms with Gasteiger partial charge in [0.1, 0.15) is 0 Å². The third kappa shape index (κ3) is 3.23. The number of nitrogens with zero attached hydrogens (tertiary/aromatic N) is 2. The molecule has 1 aromatic heterocycles. The van der Waals surface area contributed by atoms with Gasteiger partial charge in [0.2, 0.25) is 0 Å². The van der Waals surface area contributed by atoms with Crippen LogP contribution < -0.4 is 5.32 Å². The quantitative estimate of drug-likeness (QED) is 0.904. The molecule has 0 aliphatic carbocycles. The Labute approximate surface area is 126 Å². The average molecular weight is 293 g/mol. The van der Waals surface area contributed by atoms with Gasteiger partial charge in [-0.2, -0.15) is 0 Å². The van der Waals surface area contributed by atoms with E-state index in [0.29, 0.717) is 0 Å². The molecule has 2 aliphatic heterocycles. The Morgan fingerprint density at radius 1 is 1.35 bits per heavy atom. The lowest BCUT2D eigenvalue weighted by Crippen LogP contribution is -2.56. The van der Waals surface area contributed by atoms with Crippen LogP contribution in [-0.2, 0) is 6.42 Å². The second kappa shape index (κ2) is 6.54. The van der Waals surface area contributed by atoms with Crippen LogP contribution in [0.3, 0.4) is 0 Å². The number of fused-ring (bicyclic) bond motifs is 2. The summed E-state index contributed by atoms with van der Waals surface area (Å²) in [4.78, 5) is 7.41. The molecule has 0 radical (unpaired) electrons. The van der Waals surface area contributed by atoms with Crippen LogP contribution in [0.5, 0.6) is 0 Å². The summed E-state index contributed by atoms with van der Waals surface area (Å²) in [6, 6.07) is 2.38. The Morgan fingerprint density at radius 3 is 2.70 bits per heavy atom. The molecule has 0 aromatic carbocycles. The highest BCUT2D eigenvalue weighted by Crippen LogP contribution is 2.34. The maximum Gasteiger partial charge on any atom is 0.0940 e. The molecule has 3 rings (SSSR count). The SMILES string of the molecule is CCNC1CC2CCCC(C1)N2CCc1nc(C)cs1. The molecule has 2 unspecified atom stereocenters. The molecule has 3 nitrogen and oxygen atoms in total. The molecular formula is C16H27N3S. The van der Waals surface area contributed by atoms with E-state index in [1.54, 1.807) is 0 Å². The van der Waals surface area contributed by atoms with Gasteiger partial charge < -0.3 is 5.32 Å². The van der Waals surface area contributed by atoms with Crippen molar-refractivity contribution in [1.82, 2.24) is 15.2 Å². The molecule has 112 valence electrons. The van der Waals surface area contributed by atoms with E-state index in [9.17, 15) is 0 Å². The van der Waals surface area contributed by atoms with Crippen LogP contribution in [0.1, 0.15) is 49.7 Å². The van der Waals surface area contributed by atoms with Gasteiger partial charge in [0.05, 0.1) is 5.01 Å². The van der Waals surface area contributed by atoms with E-state index < -0.39 is 0 Å². The molecular weight excluding hydrogens is 266 g/mol.